The Morgan fingerprint density at radius 1 is 1.33 bits per heavy atom. The summed E-state index contributed by atoms with van der Waals surface area (Å²) in [5, 5.41) is 0. The van der Waals surface area contributed by atoms with Crippen LogP contribution in [0.4, 0.5) is 13.2 Å². The van der Waals surface area contributed by atoms with Crippen LogP contribution in [0, 0.1) is 0 Å². The maximum Gasteiger partial charge on any atom is 0.435 e. The number of fused-ring (bicyclic) bond motifs is 1. The first-order chi connectivity index (χ1) is 7.04. The van der Waals surface area contributed by atoms with E-state index in [1.165, 1.54) is 18.3 Å². The van der Waals surface area contributed by atoms with E-state index in [-0.39, 0.29) is 11.9 Å². The lowest BCUT2D eigenvalue weighted by molar-refractivity contribution is -0.141. The van der Waals surface area contributed by atoms with Crippen molar-refractivity contribution in [1.29, 1.82) is 0 Å². The molecule has 0 saturated carbocycles. The number of alkyl halides is 3. The summed E-state index contributed by atoms with van der Waals surface area (Å²) in [6.45, 7) is 0. The smallest absolute Gasteiger partial charge is 0.297 e. The van der Waals surface area contributed by atoms with Crippen LogP contribution in [0.2, 0.25) is 0 Å². The molecule has 78 valence electrons. The number of hydrogen-bond acceptors (Lipinski definition) is 2. The number of pyridine rings is 1. The van der Waals surface area contributed by atoms with Crippen molar-refractivity contribution in [2.24, 2.45) is 0 Å². The molecule has 0 aromatic carbocycles. The summed E-state index contributed by atoms with van der Waals surface area (Å²) >= 11 is 0. The fraction of sp³-hybridized carbons (Fsp3) is 0.111. The number of carbonyl (C=O) groups excluding carboxylic acids is 1. The highest BCUT2D eigenvalue weighted by Gasteiger charge is 2.37. The van der Waals surface area contributed by atoms with Crippen molar-refractivity contribution >= 4 is 11.9 Å². The van der Waals surface area contributed by atoms with Gasteiger partial charge < -0.3 is 0 Å². The Morgan fingerprint density at radius 3 is 2.67 bits per heavy atom. The van der Waals surface area contributed by atoms with Crippen molar-refractivity contribution in [3.8, 4) is 0 Å². The molecule has 0 amide bonds. The minimum atomic E-state index is -4.61. The molecule has 0 atom stereocenters. The molecule has 0 aliphatic heterocycles. The van der Waals surface area contributed by atoms with Gasteiger partial charge in [-0.05, 0) is 12.1 Å². The van der Waals surface area contributed by atoms with E-state index in [0.717, 1.165) is 4.40 Å². The van der Waals surface area contributed by atoms with Crippen LogP contribution in [-0.2, 0) is 6.18 Å². The van der Waals surface area contributed by atoms with Crippen LogP contribution in [0.3, 0.4) is 0 Å². The molecular weight excluding hydrogens is 209 g/mol. The lowest BCUT2D eigenvalue weighted by atomic mass is 10.3. The molecule has 0 saturated heterocycles. The van der Waals surface area contributed by atoms with E-state index in [4.69, 9.17) is 0 Å². The third kappa shape index (κ3) is 1.47. The van der Waals surface area contributed by atoms with E-state index in [0.29, 0.717) is 0 Å². The first kappa shape index (κ1) is 9.70. The van der Waals surface area contributed by atoms with Crippen LogP contribution >= 0.6 is 0 Å². The summed E-state index contributed by atoms with van der Waals surface area (Å²) < 4.78 is 38.4. The van der Waals surface area contributed by atoms with E-state index in [1.807, 2.05) is 0 Å². The number of aromatic nitrogens is 2. The van der Waals surface area contributed by atoms with Crippen molar-refractivity contribution in [3.05, 3.63) is 35.8 Å². The number of hydrogen-bond donors (Lipinski definition) is 0. The first-order valence-corrected chi connectivity index (χ1v) is 4.03. The molecule has 0 fully saturated rings. The Morgan fingerprint density at radius 2 is 2.07 bits per heavy atom. The van der Waals surface area contributed by atoms with Crippen molar-refractivity contribution < 1.29 is 18.0 Å². The fourth-order valence-electron chi connectivity index (χ4n) is 1.34. The molecule has 2 aromatic rings. The van der Waals surface area contributed by atoms with Gasteiger partial charge in [0.05, 0.1) is 0 Å². The van der Waals surface area contributed by atoms with Gasteiger partial charge in [-0.25, -0.2) is 4.98 Å². The van der Waals surface area contributed by atoms with Crippen LogP contribution in [0.1, 0.15) is 16.2 Å². The predicted molar refractivity (Wildman–Crippen MR) is 45.6 cm³/mol. The van der Waals surface area contributed by atoms with Gasteiger partial charge in [0.15, 0.2) is 12.0 Å². The highest BCUT2D eigenvalue weighted by Crippen LogP contribution is 2.30. The summed E-state index contributed by atoms with van der Waals surface area (Å²) in [4.78, 5) is 13.9. The zero-order chi connectivity index (χ0) is 11.1. The van der Waals surface area contributed by atoms with Crippen LogP contribution in [0.15, 0.2) is 24.4 Å². The minimum Gasteiger partial charge on any atom is -0.297 e. The van der Waals surface area contributed by atoms with Gasteiger partial charge in [0.1, 0.15) is 11.3 Å². The standard InChI is InChI=1S/C9H5F3N2O/c10-9(11,12)8-6(5-15)14-4-2-1-3-7(14)13-8/h1-5H. The molecule has 2 heterocycles. The number of imidazole rings is 1. The third-order valence-corrected chi connectivity index (χ3v) is 1.95. The van der Waals surface area contributed by atoms with E-state index in [2.05, 4.69) is 4.98 Å². The Hall–Kier alpha value is -1.85. The summed E-state index contributed by atoms with van der Waals surface area (Å²) in [5.41, 5.74) is -1.52. The van der Waals surface area contributed by atoms with E-state index in [9.17, 15) is 18.0 Å². The summed E-state index contributed by atoms with van der Waals surface area (Å²) in [6.07, 6.45) is -3.09. The minimum absolute atomic E-state index is 0.104. The molecular formula is C9H5F3N2O. The van der Waals surface area contributed by atoms with Crippen LogP contribution < -0.4 is 0 Å². The first-order valence-electron chi connectivity index (χ1n) is 4.03. The molecule has 15 heavy (non-hydrogen) atoms. The average molecular weight is 214 g/mol. The normalized spacial score (nSPS) is 11.9. The number of nitrogens with zero attached hydrogens (tertiary/aromatic N) is 2. The highest BCUT2D eigenvalue weighted by molar-refractivity contribution is 5.76. The molecule has 0 aliphatic carbocycles. The maximum atomic E-state index is 12.4. The molecule has 3 nitrogen and oxygen atoms in total. The van der Waals surface area contributed by atoms with Crippen LogP contribution in [0.5, 0.6) is 0 Å². The molecule has 0 N–H and O–H groups in total. The summed E-state index contributed by atoms with van der Waals surface area (Å²) in [6, 6.07) is 4.49. The lowest BCUT2D eigenvalue weighted by Gasteiger charge is -2.01. The Balaban J connectivity index is 2.81. The highest BCUT2D eigenvalue weighted by atomic mass is 19.4. The second-order valence-corrected chi connectivity index (χ2v) is 2.89. The van der Waals surface area contributed by atoms with Crippen LogP contribution in [0.25, 0.3) is 5.65 Å². The van der Waals surface area contributed by atoms with Gasteiger partial charge in [-0.1, -0.05) is 6.07 Å². The number of aldehydes is 1. The molecule has 0 radical (unpaired) electrons. The van der Waals surface area contributed by atoms with Crippen LogP contribution in [-0.4, -0.2) is 15.7 Å². The second-order valence-electron chi connectivity index (χ2n) is 2.89. The molecule has 0 bridgehead atoms. The quantitative estimate of drug-likeness (QED) is 0.682. The van der Waals surface area contributed by atoms with Crippen molar-refractivity contribution in [3.63, 3.8) is 0 Å². The van der Waals surface area contributed by atoms with E-state index < -0.39 is 17.6 Å². The van der Waals surface area contributed by atoms with Crippen molar-refractivity contribution in [2.75, 3.05) is 0 Å². The molecule has 2 rings (SSSR count). The van der Waals surface area contributed by atoms with Gasteiger partial charge in [-0.2, -0.15) is 13.2 Å². The van der Waals surface area contributed by atoms with Gasteiger partial charge in [0.25, 0.3) is 0 Å². The molecule has 0 aliphatic rings. The van der Waals surface area contributed by atoms with Gasteiger partial charge in [-0.15, -0.1) is 0 Å². The van der Waals surface area contributed by atoms with E-state index >= 15 is 0 Å². The van der Waals surface area contributed by atoms with Crippen molar-refractivity contribution in [2.45, 2.75) is 6.18 Å². The number of carbonyl (C=O) groups is 1. The monoisotopic (exact) mass is 214 g/mol. The molecule has 0 unspecified atom stereocenters. The predicted octanol–water partition coefficient (Wildman–Crippen LogP) is 2.17. The topological polar surface area (TPSA) is 34.4 Å². The van der Waals surface area contributed by atoms with Crippen molar-refractivity contribution in [1.82, 2.24) is 9.38 Å². The van der Waals surface area contributed by atoms with Gasteiger partial charge in [0.2, 0.25) is 0 Å². The fourth-order valence-corrected chi connectivity index (χ4v) is 1.34. The van der Waals surface area contributed by atoms with Gasteiger partial charge in [-0.3, -0.25) is 9.20 Å². The zero-order valence-electron chi connectivity index (χ0n) is 7.32. The van der Waals surface area contributed by atoms with Gasteiger partial charge in [0, 0.05) is 6.20 Å². The zero-order valence-corrected chi connectivity index (χ0v) is 7.32. The Kier molecular flexibility index (Phi) is 1.99. The van der Waals surface area contributed by atoms with Gasteiger partial charge >= 0.3 is 6.18 Å². The molecule has 2 aromatic heterocycles. The average Bonchev–Trinajstić information content (AvgIpc) is 2.55. The number of halogens is 3. The number of rotatable bonds is 1. The molecule has 6 heteroatoms. The second kappa shape index (κ2) is 3.08. The Bertz CT molecular complexity index is 516. The summed E-state index contributed by atoms with van der Waals surface area (Å²) in [5.74, 6) is 0. The maximum absolute atomic E-state index is 12.4. The SMILES string of the molecule is O=Cc1c(C(F)(F)F)nc2ccccn12. The lowest BCUT2D eigenvalue weighted by Crippen LogP contribution is -2.09. The Labute approximate surface area is 82.2 Å². The largest absolute Gasteiger partial charge is 0.435 e. The third-order valence-electron chi connectivity index (χ3n) is 1.95. The van der Waals surface area contributed by atoms with E-state index in [1.54, 1.807) is 6.07 Å². The molecule has 0 spiro atoms. The summed E-state index contributed by atoms with van der Waals surface area (Å²) in [7, 11) is 0.